The number of nitrogens with zero attached hydrogens (tertiary/aromatic N) is 1. The lowest BCUT2D eigenvalue weighted by atomic mass is 9.80. The Kier molecular flexibility index (Phi) is 3.35. The fourth-order valence-electron chi connectivity index (χ4n) is 1.73. The van der Waals surface area contributed by atoms with Gasteiger partial charge in [0.25, 0.3) is 0 Å². The van der Waals surface area contributed by atoms with Crippen LogP contribution in [0.4, 0.5) is 0 Å². The summed E-state index contributed by atoms with van der Waals surface area (Å²) in [5.74, 6) is 0.197. The molecular weight excluding hydrogens is 174 g/mol. The summed E-state index contributed by atoms with van der Waals surface area (Å²) in [6, 6.07) is 0. The van der Waals surface area contributed by atoms with Gasteiger partial charge in [-0.2, -0.15) is 0 Å². The lowest BCUT2D eigenvalue weighted by Crippen LogP contribution is -2.37. The van der Waals surface area contributed by atoms with E-state index in [9.17, 15) is 4.79 Å². The van der Waals surface area contributed by atoms with Crippen molar-refractivity contribution in [1.29, 1.82) is 0 Å². The predicted octanol–water partition coefficient (Wildman–Crippen LogP) is 2.60. The van der Waals surface area contributed by atoms with Crippen molar-refractivity contribution in [2.75, 3.05) is 13.1 Å². The summed E-state index contributed by atoms with van der Waals surface area (Å²) in [5, 5.41) is 0. The summed E-state index contributed by atoms with van der Waals surface area (Å²) in [7, 11) is 0. The van der Waals surface area contributed by atoms with E-state index in [-0.39, 0.29) is 11.3 Å². The van der Waals surface area contributed by atoms with Crippen LogP contribution in [-0.2, 0) is 4.79 Å². The van der Waals surface area contributed by atoms with E-state index >= 15 is 0 Å². The van der Waals surface area contributed by atoms with Crippen molar-refractivity contribution in [3.8, 4) is 0 Å². The first kappa shape index (κ1) is 11.3. The van der Waals surface area contributed by atoms with Crippen LogP contribution in [0, 0.1) is 5.41 Å². The van der Waals surface area contributed by atoms with Crippen LogP contribution < -0.4 is 0 Å². The topological polar surface area (TPSA) is 20.3 Å². The summed E-state index contributed by atoms with van der Waals surface area (Å²) in [5.41, 5.74) is 1.66. The first-order valence-corrected chi connectivity index (χ1v) is 5.42. The molecule has 0 atom stereocenters. The van der Waals surface area contributed by atoms with Gasteiger partial charge in [-0.05, 0) is 23.8 Å². The third-order valence-electron chi connectivity index (χ3n) is 3.35. The van der Waals surface area contributed by atoms with Gasteiger partial charge in [-0.25, -0.2) is 0 Å². The summed E-state index contributed by atoms with van der Waals surface area (Å²) < 4.78 is 0. The molecule has 0 bridgehead atoms. The lowest BCUT2D eigenvalue weighted by molar-refractivity contribution is -0.128. The molecule has 1 aliphatic heterocycles. The smallest absolute Gasteiger partial charge is 0.219 e. The lowest BCUT2D eigenvalue weighted by Gasteiger charge is -2.34. The van der Waals surface area contributed by atoms with Crippen LogP contribution in [0.3, 0.4) is 0 Å². The Morgan fingerprint density at radius 1 is 1.57 bits per heavy atom. The van der Waals surface area contributed by atoms with Crippen LogP contribution in [0.15, 0.2) is 11.6 Å². The monoisotopic (exact) mass is 195 g/mol. The van der Waals surface area contributed by atoms with Crippen LogP contribution >= 0.6 is 0 Å². The molecule has 0 N–H and O–H groups in total. The molecule has 0 unspecified atom stereocenters. The number of rotatable bonds is 2. The molecule has 0 aliphatic carbocycles. The fraction of sp³-hybridized carbons (Fsp3) is 0.750. The highest BCUT2D eigenvalue weighted by Gasteiger charge is 2.25. The van der Waals surface area contributed by atoms with E-state index in [4.69, 9.17) is 0 Å². The van der Waals surface area contributed by atoms with Gasteiger partial charge in [-0.3, -0.25) is 4.79 Å². The van der Waals surface area contributed by atoms with Gasteiger partial charge in [0, 0.05) is 20.0 Å². The zero-order valence-corrected chi connectivity index (χ0v) is 9.76. The van der Waals surface area contributed by atoms with Crippen LogP contribution in [-0.4, -0.2) is 23.9 Å². The predicted molar refractivity (Wildman–Crippen MR) is 59.0 cm³/mol. The molecule has 2 nitrogen and oxygen atoms in total. The molecule has 80 valence electrons. The van der Waals surface area contributed by atoms with Crippen molar-refractivity contribution in [2.45, 2.75) is 40.5 Å². The Morgan fingerprint density at radius 3 is 2.71 bits per heavy atom. The van der Waals surface area contributed by atoms with Crippen molar-refractivity contribution in [3.05, 3.63) is 11.6 Å². The molecule has 0 aromatic heterocycles. The van der Waals surface area contributed by atoms with Crippen molar-refractivity contribution in [3.63, 3.8) is 0 Å². The zero-order chi connectivity index (χ0) is 10.8. The Morgan fingerprint density at radius 2 is 2.21 bits per heavy atom. The molecule has 0 aromatic rings. The molecule has 1 aliphatic rings. The van der Waals surface area contributed by atoms with E-state index < -0.39 is 0 Å². The molecule has 1 amide bonds. The highest BCUT2D eigenvalue weighted by Crippen LogP contribution is 2.32. The van der Waals surface area contributed by atoms with Crippen LogP contribution in [0.5, 0.6) is 0 Å². The minimum atomic E-state index is 0.197. The van der Waals surface area contributed by atoms with Gasteiger partial charge in [0.1, 0.15) is 0 Å². The second-order valence-corrected chi connectivity index (χ2v) is 4.70. The number of hydrogen-bond donors (Lipinski definition) is 0. The van der Waals surface area contributed by atoms with Crippen LogP contribution in [0.2, 0.25) is 0 Å². The maximum Gasteiger partial charge on any atom is 0.219 e. The van der Waals surface area contributed by atoms with Crippen molar-refractivity contribution in [1.82, 2.24) is 4.90 Å². The molecule has 0 spiro atoms. The third-order valence-corrected chi connectivity index (χ3v) is 3.35. The number of carbonyl (C=O) groups is 1. The van der Waals surface area contributed by atoms with Gasteiger partial charge < -0.3 is 4.90 Å². The minimum absolute atomic E-state index is 0.197. The highest BCUT2D eigenvalue weighted by molar-refractivity contribution is 5.73. The second-order valence-electron chi connectivity index (χ2n) is 4.70. The standard InChI is InChI=1S/C12H21NO/c1-5-12(3,4)11-7-6-8-13(9-11)10(2)14/h7H,5-6,8-9H2,1-4H3. The number of hydrogen-bond acceptors (Lipinski definition) is 1. The van der Waals surface area contributed by atoms with E-state index in [2.05, 4.69) is 26.8 Å². The van der Waals surface area contributed by atoms with E-state index in [1.54, 1.807) is 6.92 Å². The normalized spacial score (nSPS) is 18.0. The summed E-state index contributed by atoms with van der Waals surface area (Å²) in [6.07, 6.45) is 4.45. The summed E-state index contributed by atoms with van der Waals surface area (Å²) in [4.78, 5) is 13.2. The summed E-state index contributed by atoms with van der Waals surface area (Å²) in [6.45, 7) is 10.1. The zero-order valence-electron chi connectivity index (χ0n) is 9.76. The molecule has 0 saturated heterocycles. The van der Waals surface area contributed by atoms with Crippen molar-refractivity contribution < 1.29 is 4.79 Å². The molecule has 1 heterocycles. The fourth-order valence-corrected chi connectivity index (χ4v) is 1.73. The van der Waals surface area contributed by atoms with E-state index in [1.165, 1.54) is 5.57 Å². The van der Waals surface area contributed by atoms with Crippen molar-refractivity contribution in [2.24, 2.45) is 5.41 Å². The van der Waals surface area contributed by atoms with Gasteiger partial charge in [0.15, 0.2) is 0 Å². The molecule has 0 radical (unpaired) electrons. The van der Waals surface area contributed by atoms with Gasteiger partial charge in [0.2, 0.25) is 5.91 Å². The minimum Gasteiger partial charge on any atom is -0.339 e. The molecular formula is C12H21NO. The largest absolute Gasteiger partial charge is 0.339 e. The molecule has 2 heteroatoms. The Bertz CT molecular complexity index is 253. The SMILES string of the molecule is CCC(C)(C)C1=CCCN(C(C)=O)C1. The average molecular weight is 195 g/mol. The maximum atomic E-state index is 11.3. The first-order valence-electron chi connectivity index (χ1n) is 5.42. The number of carbonyl (C=O) groups excluding carboxylic acids is 1. The summed E-state index contributed by atoms with van der Waals surface area (Å²) >= 11 is 0. The van der Waals surface area contributed by atoms with E-state index in [0.29, 0.717) is 0 Å². The Hall–Kier alpha value is -0.790. The molecule has 0 saturated carbocycles. The van der Waals surface area contributed by atoms with Crippen molar-refractivity contribution >= 4 is 5.91 Å². The van der Waals surface area contributed by atoms with Gasteiger partial charge in [-0.15, -0.1) is 0 Å². The van der Waals surface area contributed by atoms with Gasteiger partial charge >= 0.3 is 0 Å². The first-order chi connectivity index (χ1) is 6.47. The van der Waals surface area contributed by atoms with Crippen LogP contribution in [0.1, 0.15) is 40.5 Å². The molecule has 1 rings (SSSR count). The molecule has 14 heavy (non-hydrogen) atoms. The van der Waals surface area contributed by atoms with Gasteiger partial charge in [-0.1, -0.05) is 26.8 Å². The third kappa shape index (κ3) is 2.37. The average Bonchev–Trinajstić information content (AvgIpc) is 2.18. The molecule has 0 fully saturated rings. The Labute approximate surface area is 87.0 Å². The Balaban J connectivity index is 2.73. The molecule has 0 aromatic carbocycles. The second kappa shape index (κ2) is 4.16. The van der Waals surface area contributed by atoms with E-state index in [0.717, 1.165) is 25.9 Å². The number of amides is 1. The highest BCUT2D eigenvalue weighted by atomic mass is 16.2. The van der Waals surface area contributed by atoms with E-state index in [1.807, 2.05) is 4.90 Å². The maximum absolute atomic E-state index is 11.3. The van der Waals surface area contributed by atoms with Crippen LogP contribution in [0.25, 0.3) is 0 Å². The quantitative estimate of drug-likeness (QED) is 0.620. The van der Waals surface area contributed by atoms with Gasteiger partial charge in [0.05, 0.1) is 0 Å².